The molecule has 2 N–H and O–H groups in total. The second-order valence-electron chi connectivity index (χ2n) is 7.48. The first kappa shape index (κ1) is 20.7. The van der Waals surface area contributed by atoms with E-state index in [1.165, 1.54) is 5.56 Å². The van der Waals surface area contributed by atoms with Gasteiger partial charge < -0.3 is 20.1 Å². The number of likely N-dealkylation sites (tertiary alicyclic amines) is 1. The fourth-order valence-corrected chi connectivity index (χ4v) is 3.45. The van der Waals surface area contributed by atoms with Crippen LogP contribution in [0.15, 0.2) is 12.1 Å². The lowest BCUT2D eigenvalue weighted by Crippen LogP contribution is -2.44. The van der Waals surface area contributed by atoms with E-state index in [2.05, 4.69) is 43.1 Å². The first-order valence-electron chi connectivity index (χ1n) is 9.80. The fraction of sp³-hybridized carbons (Fsp3) is 0.667. The van der Waals surface area contributed by atoms with Crippen molar-refractivity contribution in [2.75, 3.05) is 32.8 Å². The third kappa shape index (κ3) is 5.71. The van der Waals surface area contributed by atoms with Crippen LogP contribution >= 0.6 is 0 Å². The fourth-order valence-electron chi connectivity index (χ4n) is 3.45. The molecule has 1 aromatic carbocycles. The standard InChI is InChI=1S/C21H34N2O3/c1-5-10-22-21(25)18-8-11-23(12-9-18)13-19(24)14-26-20-16(3)7-6-15(2)17(20)4/h6-7,18-19,24H,5,8-14H2,1-4H3,(H,22,25). The number of carbonyl (C=O) groups is 1. The van der Waals surface area contributed by atoms with Gasteiger partial charge in [-0.2, -0.15) is 0 Å². The molecule has 0 radical (unpaired) electrons. The van der Waals surface area contributed by atoms with Crippen LogP contribution in [-0.2, 0) is 4.79 Å². The summed E-state index contributed by atoms with van der Waals surface area (Å²) in [4.78, 5) is 14.3. The molecule has 5 heteroatoms. The number of amides is 1. The average Bonchev–Trinajstić information content (AvgIpc) is 2.63. The Kier molecular flexibility index (Phi) is 7.91. The molecular weight excluding hydrogens is 328 g/mol. The number of carbonyl (C=O) groups excluding carboxylic acids is 1. The van der Waals surface area contributed by atoms with Gasteiger partial charge in [0.25, 0.3) is 0 Å². The van der Waals surface area contributed by atoms with E-state index < -0.39 is 6.10 Å². The maximum absolute atomic E-state index is 12.0. The smallest absolute Gasteiger partial charge is 0.223 e. The molecule has 1 aliphatic heterocycles. The van der Waals surface area contributed by atoms with Crippen molar-refractivity contribution in [2.45, 2.75) is 53.1 Å². The van der Waals surface area contributed by atoms with Crippen molar-refractivity contribution in [1.29, 1.82) is 0 Å². The topological polar surface area (TPSA) is 61.8 Å². The van der Waals surface area contributed by atoms with Crippen molar-refractivity contribution in [1.82, 2.24) is 10.2 Å². The normalized spacial score (nSPS) is 17.1. The summed E-state index contributed by atoms with van der Waals surface area (Å²) in [6.07, 6.45) is 2.16. The zero-order valence-corrected chi connectivity index (χ0v) is 16.7. The molecule has 1 unspecified atom stereocenters. The molecule has 1 amide bonds. The van der Waals surface area contributed by atoms with E-state index >= 15 is 0 Å². The molecule has 0 spiro atoms. The number of hydrogen-bond acceptors (Lipinski definition) is 4. The van der Waals surface area contributed by atoms with Crippen molar-refractivity contribution in [3.05, 3.63) is 28.8 Å². The van der Waals surface area contributed by atoms with E-state index in [1.54, 1.807) is 0 Å². The van der Waals surface area contributed by atoms with Crippen LogP contribution in [0.25, 0.3) is 0 Å². The summed E-state index contributed by atoms with van der Waals surface area (Å²) in [5, 5.41) is 13.3. The number of nitrogens with one attached hydrogen (secondary N) is 1. The lowest BCUT2D eigenvalue weighted by Gasteiger charge is -2.32. The summed E-state index contributed by atoms with van der Waals surface area (Å²) in [7, 11) is 0. The van der Waals surface area contributed by atoms with Crippen LogP contribution in [0.1, 0.15) is 42.9 Å². The molecule has 1 fully saturated rings. The summed E-state index contributed by atoms with van der Waals surface area (Å²) >= 11 is 0. The summed E-state index contributed by atoms with van der Waals surface area (Å²) in [6, 6.07) is 4.15. The molecule has 26 heavy (non-hydrogen) atoms. The highest BCUT2D eigenvalue weighted by Crippen LogP contribution is 2.26. The number of hydrogen-bond donors (Lipinski definition) is 2. The van der Waals surface area contributed by atoms with E-state index in [0.717, 1.165) is 55.8 Å². The Morgan fingerprint density at radius 2 is 1.92 bits per heavy atom. The monoisotopic (exact) mass is 362 g/mol. The summed E-state index contributed by atoms with van der Waals surface area (Å²) in [5.74, 6) is 1.18. The molecule has 1 atom stereocenters. The minimum absolute atomic E-state index is 0.115. The minimum Gasteiger partial charge on any atom is -0.490 e. The van der Waals surface area contributed by atoms with Gasteiger partial charge in [-0.25, -0.2) is 0 Å². The van der Waals surface area contributed by atoms with E-state index in [4.69, 9.17) is 4.74 Å². The van der Waals surface area contributed by atoms with E-state index in [9.17, 15) is 9.90 Å². The third-order valence-corrected chi connectivity index (χ3v) is 5.27. The van der Waals surface area contributed by atoms with Crippen LogP contribution in [0.3, 0.4) is 0 Å². The predicted octanol–water partition coefficient (Wildman–Crippen LogP) is 2.59. The molecule has 0 saturated carbocycles. The number of benzene rings is 1. The second kappa shape index (κ2) is 9.93. The molecule has 1 aliphatic rings. The second-order valence-corrected chi connectivity index (χ2v) is 7.48. The summed E-state index contributed by atoms with van der Waals surface area (Å²) in [6.45, 7) is 11.6. The number of piperidine rings is 1. The van der Waals surface area contributed by atoms with Crippen LogP contribution in [0.4, 0.5) is 0 Å². The van der Waals surface area contributed by atoms with Crippen molar-refractivity contribution in [3.8, 4) is 5.75 Å². The van der Waals surface area contributed by atoms with E-state index in [0.29, 0.717) is 13.2 Å². The highest BCUT2D eigenvalue weighted by Gasteiger charge is 2.25. The highest BCUT2D eigenvalue weighted by atomic mass is 16.5. The number of aliphatic hydroxyl groups is 1. The predicted molar refractivity (Wildman–Crippen MR) is 105 cm³/mol. The van der Waals surface area contributed by atoms with E-state index in [-0.39, 0.29) is 11.8 Å². The van der Waals surface area contributed by atoms with Crippen LogP contribution in [0.5, 0.6) is 5.75 Å². The number of β-amino-alcohol motifs (C(OH)–C–C–N with tert-alkyl or cyclic N) is 1. The Morgan fingerprint density at radius 3 is 2.58 bits per heavy atom. The number of rotatable bonds is 8. The van der Waals surface area contributed by atoms with Crippen molar-refractivity contribution in [2.24, 2.45) is 5.92 Å². The molecular formula is C21H34N2O3. The molecule has 0 bridgehead atoms. The van der Waals surface area contributed by atoms with Crippen molar-refractivity contribution >= 4 is 5.91 Å². The Labute approximate surface area is 157 Å². The van der Waals surface area contributed by atoms with Gasteiger partial charge in [-0.15, -0.1) is 0 Å². The van der Waals surface area contributed by atoms with Gasteiger partial charge in [0.05, 0.1) is 0 Å². The molecule has 0 aliphatic carbocycles. The van der Waals surface area contributed by atoms with Gasteiger partial charge in [-0.3, -0.25) is 4.79 Å². The van der Waals surface area contributed by atoms with Crippen LogP contribution in [-0.4, -0.2) is 54.8 Å². The molecule has 1 saturated heterocycles. The van der Waals surface area contributed by atoms with Crippen LogP contribution in [0.2, 0.25) is 0 Å². The SMILES string of the molecule is CCCNC(=O)C1CCN(CC(O)COc2c(C)ccc(C)c2C)CC1. The lowest BCUT2D eigenvalue weighted by atomic mass is 9.95. The summed E-state index contributed by atoms with van der Waals surface area (Å²) in [5.41, 5.74) is 3.43. The van der Waals surface area contributed by atoms with Gasteiger partial charge >= 0.3 is 0 Å². The Hall–Kier alpha value is -1.59. The van der Waals surface area contributed by atoms with Crippen LogP contribution in [0, 0.1) is 26.7 Å². The molecule has 1 aromatic rings. The van der Waals surface area contributed by atoms with Gasteiger partial charge in [-0.05, 0) is 69.8 Å². The average molecular weight is 363 g/mol. The maximum Gasteiger partial charge on any atom is 0.223 e. The number of nitrogens with zero attached hydrogens (tertiary/aromatic N) is 1. The van der Waals surface area contributed by atoms with E-state index in [1.807, 2.05) is 6.92 Å². The quantitative estimate of drug-likeness (QED) is 0.746. The van der Waals surface area contributed by atoms with Crippen LogP contribution < -0.4 is 10.1 Å². The van der Waals surface area contributed by atoms with Crippen molar-refractivity contribution < 1.29 is 14.6 Å². The molecule has 1 heterocycles. The number of aliphatic hydroxyl groups excluding tert-OH is 1. The van der Waals surface area contributed by atoms with Gasteiger partial charge in [0.2, 0.25) is 5.91 Å². The first-order valence-corrected chi connectivity index (χ1v) is 9.80. The zero-order valence-electron chi connectivity index (χ0n) is 16.7. The minimum atomic E-state index is -0.528. The Bertz CT molecular complexity index is 595. The third-order valence-electron chi connectivity index (χ3n) is 5.27. The number of ether oxygens (including phenoxy) is 1. The largest absolute Gasteiger partial charge is 0.490 e. The highest BCUT2D eigenvalue weighted by molar-refractivity contribution is 5.78. The Balaban J connectivity index is 1.75. The molecule has 5 nitrogen and oxygen atoms in total. The van der Waals surface area contributed by atoms with Gasteiger partial charge in [0.15, 0.2) is 0 Å². The Morgan fingerprint density at radius 1 is 1.27 bits per heavy atom. The maximum atomic E-state index is 12.0. The van der Waals surface area contributed by atoms with Gasteiger partial charge in [-0.1, -0.05) is 19.1 Å². The number of aryl methyl sites for hydroxylation is 2. The molecule has 0 aromatic heterocycles. The zero-order chi connectivity index (χ0) is 19.1. The first-order chi connectivity index (χ1) is 12.4. The molecule has 2 rings (SSSR count). The van der Waals surface area contributed by atoms with Gasteiger partial charge in [0, 0.05) is 19.0 Å². The van der Waals surface area contributed by atoms with Crippen molar-refractivity contribution in [3.63, 3.8) is 0 Å². The lowest BCUT2D eigenvalue weighted by molar-refractivity contribution is -0.126. The summed E-state index contributed by atoms with van der Waals surface area (Å²) < 4.78 is 5.91. The van der Waals surface area contributed by atoms with Gasteiger partial charge in [0.1, 0.15) is 18.5 Å². The molecule has 146 valence electrons.